The highest BCUT2D eigenvalue weighted by Crippen LogP contribution is 2.11. The summed E-state index contributed by atoms with van der Waals surface area (Å²) in [7, 11) is 0. The van der Waals surface area contributed by atoms with Crippen LogP contribution in [0.15, 0.2) is 6.07 Å². The number of aromatic nitrogens is 2. The van der Waals surface area contributed by atoms with Crippen LogP contribution < -0.4 is 5.73 Å². The van der Waals surface area contributed by atoms with Crippen molar-refractivity contribution in [2.24, 2.45) is 0 Å². The summed E-state index contributed by atoms with van der Waals surface area (Å²) in [5, 5.41) is 15.8. The Morgan fingerprint density at radius 1 is 1.60 bits per heavy atom. The van der Waals surface area contributed by atoms with E-state index >= 15 is 0 Å². The van der Waals surface area contributed by atoms with Crippen molar-refractivity contribution >= 4 is 17.3 Å². The van der Waals surface area contributed by atoms with Crippen LogP contribution in [-0.2, 0) is 6.61 Å². The molecule has 0 atom stereocenters. The summed E-state index contributed by atoms with van der Waals surface area (Å²) in [6, 6.07) is 1.44. The third-order valence-corrected chi connectivity index (χ3v) is 1.21. The number of nitrogen functional groups attached to an aromatic ring is 1. The molecule has 0 radical (unpaired) electrons. The minimum absolute atomic E-state index is 0.212. The normalized spacial score (nSPS) is 9.80. The molecule has 0 spiro atoms. The lowest BCUT2D eigenvalue weighted by Gasteiger charge is -1.97. The van der Waals surface area contributed by atoms with E-state index < -0.39 is 0 Å². The molecule has 3 N–H and O–H groups in total. The van der Waals surface area contributed by atoms with Crippen molar-refractivity contribution in [3.63, 3.8) is 0 Å². The van der Waals surface area contributed by atoms with Crippen LogP contribution in [0, 0.1) is 0 Å². The highest BCUT2D eigenvalue weighted by molar-refractivity contribution is 6.29. The highest BCUT2D eigenvalue weighted by atomic mass is 35.5. The zero-order valence-electron chi connectivity index (χ0n) is 5.08. The van der Waals surface area contributed by atoms with Gasteiger partial charge in [-0.15, -0.1) is 10.2 Å². The summed E-state index contributed by atoms with van der Waals surface area (Å²) in [6.45, 7) is -0.212. The van der Waals surface area contributed by atoms with Crippen LogP contribution in [0.4, 0.5) is 5.69 Å². The Morgan fingerprint density at radius 2 is 2.30 bits per heavy atom. The van der Waals surface area contributed by atoms with E-state index in [1.165, 1.54) is 6.07 Å². The third kappa shape index (κ3) is 1.34. The Morgan fingerprint density at radius 3 is 2.80 bits per heavy atom. The second-order valence-electron chi connectivity index (χ2n) is 1.73. The van der Waals surface area contributed by atoms with Gasteiger partial charge in [0.05, 0.1) is 12.3 Å². The summed E-state index contributed by atoms with van der Waals surface area (Å²) >= 11 is 5.44. The molecule has 1 rings (SSSR count). The predicted octanol–water partition coefficient (Wildman–Crippen LogP) is 0.205. The molecular formula is C5H6ClN3O. The molecule has 0 aliphatic carbocycles. The Bertz CT molecular complexity index is 240. The van der Waals surface area contributed by atoms with Crippen molar-refractivity contribution < 1.29 is 5.11 Å². The van der Waals surface area contributed by atoms with Gasteiger partial charge in [-0.05, 0) is 0 Å². The standard InChI is InChI=1S/C5H6ClN3O/c6-5-1-3(7)4(2-10)8-9-5/h1,10H,2H2,(H2,7,9). The second kappa shape index (κ2) is 2.81. The average Bonchev–Trinajstić information content (AvgIpc) is 1.88. The van der Waals surface area contributed by atoms with Crippen molar-refractivity contribution in [3.8, 4) is 0 Å². The van der Waals surface area contributed by atoms with Crippen molar-refractivity contribution in [2.75, 3.05) is 5.73 Å². The third-order valence-electron chi connectivity index (χ3n) is 1.02. The highest BCUT2D eigenvalue weighted by Gasteiger charge is 1.99. The molecule has 0 aliphatic rings. The quantitative estimate of drug-likeness (QED) is 0.614. The van der Waals surface area contributed by atoms with Crippen molar-refractivity contribution in [3.05, 3.63) is 16.9 Å². The monoisotopic (exact) mass is 159 g/mol. The van der Waals surface area contributed by atoms with E-state index in [-0.39, 0.29) is 11.8 Å². The number of aliphatic hydroxyl groups is 1. The van der Waals surface area contributed by atoms with Gasteiger partial charge in [0, 0.05) is 6.07 Å². The zero-order chi connectivity index (χ0) is 7.56. The minimum Gasteiger partial charge on any atom is -0.397 e. The van der Waals surface area contributed by atoms with Crippen molar-refractivity contribution in [1.29, 1.82) is 0 Å². The summed E-state index contributed by atoms with van der Waals surface area (Å²) in [5.41, 5.74) is 6.10. The van der Waals surface area contributed by atoms with E-state index in [1.54, 1.807) is 0 Å². The molecule has 5 heteroatoms. The van der Waals surface area contributed by atoms with Gasteiger partial charge in [0.15, 0.2) is 5.15 Å². The fourth-order valence-corrected chi connectivity index (χ4v) is 0.685. The molecule has 10 heavy (non-hydrogen) atoms. The van der Waals surface area contributed by atoms with Crippen LogP contribution in [0.25, 0.3) is 0 Å². The van der Waals surface area contributed by atoms with Gasteiger partial charge in [0.2, 0.25) is 0 Å². The number of hydrogen-bond acceptors (Lipinski definition) is 4. The lowest BCUT2D eigenvalue weighted by Crippen LogP contribution is -1.99. The first kappa shape index (κ1) is 7.24. The van der Waals surface area contributed by atoms with E-state index in [0.717, 1.165) is 0 Å². The summed E-state index contributed by atoms with van der Waals surface area (Å²) in [5.74, 6) is 0. The van der Waals surface area contributed by atoms with Gasteiger partial charge >= 0.3 is 0 Å². The molecule has 0 saturated heterocycles. The number of hydrogen-bond donors (Lipinski definition) is 2. The molecule has 4 nitrogen and oxygen atoms in total. The first-order valence-corrected chi connectivity index (χ1v) is 3.00. The van der Waals surface area contributed by atoms with Crippen molar-refractivity contribution in [1.82, 2.24) is 10.2 Å². The number of nitrogens with two attached hydrogens (primary N) is 1. The Kier molecular flexibility index (Phi) is 2.03. The van der Waals surface area contributed by atoms with Gasteiger partial charge in [0.1, 0.15) is 5.69 Å². The first-order valence-electron chi connectivity index (χ1n) is 2.62. The van der Waals surface area contributed by atoms with Gasteiger partial charge in [-0.1, -0.05) is 11.6 Å². The largest absolute Gasteiger partial charge is 0.397 e. The second-order valence-corrected chi connectivity index (χ2v) is 2.11. The van der Waals surface area contributed by atoms with E-state index in [9.17, 15) is 0 Å². The molecular weight excluding hydrogens is 154 g/mol. The molecule has 0 aliphatic heterocycles. The van der Waals surface area contributed by atoms with Gasteiger partial charge in [-0.25, -0.2) is 0 Å². The number of aliphatic hydroxyl groups excluding tert-OH is 1. The van der Waals surface area contributed by atoms with Gasteiger partial charge < -0.3 is 10.8 Å². The predicted molar refractivity (Wildman–Crippen MR) is 37.4 cm³/mol. The fraction of sp³-hybridized carbons (Fsp3) is 0.200. The molecule has 0 unspecified atom stereocenters. The number of halogens is 1. The maximum atomic E-state index is 8.58. The average molecular weight is 160 g/mol. The molecule has 0 bridgehead atoms. The Hall–Kier alpha value is -0.870. The molecule has 0 amide bonds. The van der Waals surface area contributed by atoms with Crippen LogP contribution in [0.1, 0.15) is 5.69 Å². The van der Waals surface area contributed by atoms with Crippen LogP contribution in [0.3, 0.4) is 0 Å². The fourth-order valence-electron chi connectivity index (χ4n) is 0.529. The zero-order valence-corrected chi connectivity index (χ0v) is 5.84. The Labute approximate surface area is 62.6 Å². The lowest BCUT2D eigenvalue weighted by molar-refractivity contribution is 0.276. The topological polar surface area (TPSA) is 72.0 Å². The molecule has 54 valence electrons. The molecule has 0 fully saturated rings. The van der Waals surface area contributed by atoms with Gasteiger partial charge in [0.25, 0.3) is 0 Å². The van der Waals surface area contributed by atoms with Crippen molar-refractivity contribution in [2.45, 2.75) is 6.61 Å². The van der Waals surface area contributed by atoms with E-state index in [4.69, 9.17) is 22.4 Å². The van der Waals surface area contributed by atoms with E-state index in [1.807, 2.05) is 0 Å². The summed E-state index contributed by atoms with van der Waals surface area (Å²) < 4.78 is 0. The SMILES string of the molecule is Nc1cc(Cl)nnc1CO. The Balaban J connectivity index is 3.07. The molecule has 1 aromatic rings. The maximum absolute atomic E-state index is 8.58. The molecule has 1 heterocycles. The van der Waals surface area contributed by atoms with E-state index in [0.29, 0.717) is 11.4 Å². The summed E-state index contributed by atoms with van der Waals surface area (Å²) in [4.78, 5) is 0. The maximum Gasteiger partial charge on any atom is 0.153 e. The molecule has 0 aromatic carbocycles. The van der Waals surface area contributed by atoms with Gasteiger partial charge in [-0.2, -0.15) is 0 Å². The molecule has 1 aromatic heterocycles. The van der Waals surface area contributed by atoms with E-state index in [2.05, 4.69) is 10.2 Å². The summed E-state index contributed by atoms with van der Waals surface area (Å²) in [6.07, 6.45) is 0. The number of nitrogens with zero attached hydrogens (tertiary/aromatic N) is 2. The number of rotatable bonds is 1. The first-order chi connectivity index (χ1) is 4.74. The lowest BCUT2D eigenvalue weighted by atomic mass is 10.3. The smallest absolute Gasteiger partial charge is 0.153 e. The molecule has 0 saturated carbocycles. The van der Waals surface area contributed by atoms with Crippen LogP contribution in [0.5, 0.6) is 0 Å². The van der Waals surface area contributed by atoms with Gasteiger partial charge in [-0.3, -0.25) is 0 Å². The minimum atomic E-state index is -0.212. The van der Waals surface area contributed by atoms with Crippen LogP contribution >= 0.6 is 11.6 Å². The number of anilines is 1. The van der Waals surface area contributed by atoms with Crippen LogP contribution in [0.2, 0.25) is 5.15 Å². The van der Waals surface area contributed by atoms with Crippen LogP contribution in [-0.4, -0.2) is 15.3 Å².